The fourth-order valence-electron chi connectivity index (χ4n) is 4.05. The van der Waals surface area contributed by atoms with E-state index < -0.39 is 22.0 Å². The minimum Gasteiger partial charge on any atom is -0.491 e. The van der Waals surface area contributed by atoms with Crippen molar-refractivity contribution in [3.8, 4) is 5.75 Å². The maximum Gasteiger partial charge on any atom is 0.322 e. The van der Waals surface area contributed by atoms with Crippen molar-refractivity contribution < 1.29 is 27.8 Å². The molecule has 0 bridgehead atoms. The zero-order chi connectivity index (χ0) is 18.7. The number of carbonyl (C=O) groups is 1. The fourth-order valence-corrected chi connectivity index (χ4v) is 5.92. The monoisotopic (exact) mass is 383 g/mol. The summed E-state index contributed by atoms with van der Waals surface area (Å²) in [6.07, 6.45) is 4.00. The van der Waals surface area contributed by atoms with Gasteiger partial charge in [-0.3, -0.25) is 4.79 Å². The van der Waals surface area contributed by atoms with Gasteiger partial charge in [0.1, 0.15) is 18.4 Å². The number of carboxylic acid groups (broad SMARTS) is 1. The lowest BCUT2D eigenvalue weighted by Crippen LogP contribution is -2.46. The van der Waals surface area contributed by atoms with Gasteiger partial charge in [-0.05, 0) is 49.4 Å². The van der Waals surface area contributed by atoms with Crippen LogP contribution in [0.3, 0.4) is 0 Å². The summed E-state index contributed by atoms with van der Waals surface area (Å²) in [6.45, 7) is 0.816. The number of sulfonamides is 1. The van der Waals surface area contributed by atoms with E-state index in [1.807, 2.05) is 0 Å². The van der Waals surface area contributed by atoms with E-state index >= 15 is 0 Å². The summed E-state index contributed by atoms with van der Waals surface area (Å²) in [7, 11) is -2.30. The third-order valence-electron chi connectivity index (χ3n) is 5.27. The summed E-state index contributed by atoms with van der Waals surface area (Å²) in [6, 6.07) is 4.94. The van der Waals surface area contributed by atoms with Crippen LogP contribution in [0.1, 0.15) is 32.1 Å². The number of nitrogens with zero attached hydrogens (tertiary/aromatic N) is 1. The molecule has 26 heavy (non-hydrogen) atoms. The van der Waals surface area contributed by atoms with Gasteiger partial charge < -0.3 is 14.6 Å². The Morgan fingerprint density at radius 2 is 1.88 bits per heavy atom. The predicted octanol–water partition coefficient (Wildman–Crippen LogP) is 2.12. The molecule has 3 rings (SSSR count). The number of methoxy groups -OCH3 is 1. The molecule has 0 aromatic heterocycles. The molecule has 1 saturated carbocycles. The number of ether oxygens (including phenoxy) is 2. The Bertz CT molecular complexity index is 733. The van der Waals surface area contributed by atoms with Crippen molar-refractivity contribution in [3.05, 3.63) is 24.3 Å². The lowest BCUT2D eigenvalue weighted by molar-refractivity contribution is -0.141. The first-order valence-electron chi connectivity index (χ1n) is 8.93. The van der Waals surface area contributed by atoms with Crippen LogP contribution in [-0.2, 0) is 19.6 Å². The zero-order valence-corrected chi connectivity index (χ0v) is 15.7. The van der Waals surface area contributed by atoms with Crippen molar-refractivity contribution in [2.75, 3.05) is 20.3 Å². The fraction of sp³-hybridized carbons (Fsp3) is 0.611. The van der Waals surface area contributed by atoms with E-state index in [-0.39, 0.29) is 16.9 Å². The summed E-state index contributed by atoms with van der Waals surface area (Å²) < 4.78 is 38.0. The first kappa shape index (κ1) is 19.1. The molecule has 1 aromatic carbocycles. The molecule has 3 atom stereocenters. The van der Waals surface area contributed by atoms with Crippen molar-refractivity contribution in [2.24, 2.45) is 5.92 Å². The molecule has 0 amide bonds. The van der Waals surface area contributed by atoms with Crippen molar-refractivity contribution in [2.45, 2.75) is 49.1 Å². The molecule has 1 N–H and O–H groups in total. The minimum absolute atomic E-state index is 0.106. The van der Waals surface area contributed by atoms with Gasteiger partial charge in [-0.2, -0.15) is 4.31 Å². The maximum absolute atomic E-state index is 13.2. The van der Waals surface area contributed by atoms with Gasteiger partial charge in [-0.25, -0.2) is 8.42 Å². The lowest BCUT2D eigenvalue weighted by atomic mass is 9.85. The third-order valence-corrected chi connectivity index (χ3v) is 7.22. The van der Waals surface area contributed by atoms with Crippen molar-refractivity contribution >= 4 is 16.0 Å². The number of aliphatic carboxylic acids is 1. The lowest BCUT2D eigenvalue weighted by Gasteiger charge is -2.32. The topological polar surface area (TPSA) is 93.1 Å². The maximum atomic E-state index is 13.2. The zero-order valence-electron chi connectivity index (χ0n) is 14.8. The molecule has 1 saturated heterocycles. The Kier molecular flexibility index (Phi) is 5.84. The molecule has 1 heterocycles. The first-order valence-corrected chi connectivity index (χ1v) is 10.4. The van der Waals surface area contributed by atoms with Crippen LogP contribution < -0.4 is 4.74 Å². The summed E-state index contributed by atoms with van der Waals surface area (Å²) in [4.78, 5) is 11.8. The Balaban J connectivity index is 1.84. The molecule has 1 aliphatic heterocycles. The van der Waals surface area contributed by atoms with Crippen molar-refractivity contribution in [1.29, 1.82) is 0 Å². The highest BCUT2D eigenvalue weighted by Crippen LogP contribution is 2.42. The van der Waals surface area contributed by atoms with Gasteiger partial charge in [0.05, 0.1) is 11.5 Å². The van der Waals surface area contributed by atoms with Crippen LogP contribution in [-0.4, -0.2) is 56.2 Å². The SMILES string of the molecule is COCCOc1ccc(S(=O)(=O)N2C(C(=O)O)CC3CCCCC32)cc1. The highest BCUT2D eigenvalue weighted by molar-refractivity contribution is 7.89. The molecule has 3 unspecified atom stereocenters. The smallest absolute Gasteiger partial charge is 0.322 e. The van der Waals surface area contributed by atoms with Crippen molar-refractivity contribution in [3.63, 3.8) is 0 Å². The average molecular weight is 383 g/mol. The number of hydrogen-bond donors (Lipinski definition) is 1. The van der Waals surface area contributed by atoms with Gasteiger partial charge in [-0.15, -0.1) is 0 Å². The predicted molar refractivity (Wildman–Crippen MR) is 94.6 cm³/mol. The molecular formula is C18H25NO6S. The summed E-state index contributed by atoms with van der Waals surface area (Å²) in [5, 5.41) is 9.57. The summed E-state index contributed by atoms with van der Waals surface area (Å²) in [5.41, 5.74) is 0. The van der Waals surface area contributed by atoms with Gasteiger partial charge >= 0.3 is 5.97 Å². The van der Waals surface area contributed by atoms with E-state index in [1.165, 1.54) is 16.4 Å². The Morgan fingerprint density at radius 1 is 1.19 bits per heavy atom. The van der Waals surface area contributed by atoms with Gasteiger partial charge in [0, 0.05) is 13.2 Å². The first-order chi connectivity index (χ1) is 12.4. The quantitative estimate of drug-likeness (QED) is 0.725. The van der Waals surface area contributed by atoms with Gasteiger partial charge in [-0.1, -0.05) is 12.8 Å². The number of benzene rings is 1. The Morgan fingerprint density at radius 3 is 2.54 bits per heavy atom. The number of hydrogen-bond acceptors (Lipinski definition) is 5. The van der Waals surface area contributed by atoms with Crippen LogP contribution in [0, 0.1) is 5.92 Å². The Labute approximate surface area is 154 Å². The molecule has 1 aromatic rings. The normalized spacial score (nSPS) is 26.4. The average Bonchev–Trinajstić information content (AvgIpc) is 3.03. The largest absolute Gasteiger partial charge is 0.491 e. The highest BCUT2D eigenvalue weighted by atomic mass is 32.2. The van der Waals surface area contributed by atoms with E-state index in [9.17, 15) is 18.3 Å². The van der Waals surface area contributed by atoms with E-state index in [1.54, 1.807) is 19.2 Å². The van der Waals surface area contributed by atoms with Crippen LogP contribution in [0.15, 0.2) is 29.2 Å². The summed E-state index contributed by atoms with van der Waals surface area (Å²) in [5.74, 6) is -0.383. The molecular weight excluding hydrogens is 358 g/mol. The molecule has 0 radical (unpaired) electrons. The van der Waals surface area contributed by atoms with Crippen LogP contribution in [0.2, 0.25) is 0 Å². The highest BCUT2D eigenvalue weighted by Gasteiger charge is 2.51. The second-order valence-electron chi connectivity index (χ2n) is 6.85. The van der Waals surface area contributed by atoms with Crippen LogP contribution >= 0.6 is 0 Å². The van der Waals surface area contributed by atoms with Gasteiger partial charge in [0.25, 0.3) is 0 Å². The van der Waals surface area contributed by atoms with Crippen LogP contribution in [0.25, 0.3) is 0 Å². The van der Waals surface area contributed by atoms with E-state index in [4.69, 9.17) is 9.47 Å². The van der Waals surface area contributed by atoms with Crippen LogP contribution in [0.5, 0.6) is 5.75 Å². The third kappa shape index (κ3) is 3.72. The summed E-state index contributed by atoms with van der Waals surface area (Å²) >= 11 is 0. The molecule has 144 valence electrons. The second-order valence-corrected chi connectivity index (χ2v) is 8.69. The van der Waals surface area contributed by atoms with E-state index in [0.29, 0.717) is 25.4 Å². The number of fused-ring (bicyclic) bond motifs is 1. The number of carboxylic acids is 1. The molecule has 7 nitrogen and oxygen atoms in total. The molecule has 1 aliphatic carbocycles. The molecule has 2 fully saturated rings. The second kappa shape index (κ2) is 7.94. The molecule has 0 spiro atoms. The van der Waals surface area contributed by atoms with E-state index in [2.05, 4.69) is 0 Å². The Hall–Kier alpha value is -1.64. The van der Waals surface area contributed by atoms with Crippen LogP contribution in [0.4, 0.5) is 0 Å². The minimum atomic E-state index is -3.87. The van der Waals surface area contributed by atoms with Crippen molar-refractivity contribution in [1.82, 2.24) is 4.31 Å². The van der Waals surface area contributed by atoms with Gasteiger partial charge in [0.2, 0.25) is 10.0 Å². The number of rotatable bonds is 7. The molecule has 8 heteroatoms. The standard InChI is InChI=1S/C18H25NO6S/c1-24-10-11-25-14-6-8-15(9-7-14)26(22,23)19-16-5-3-2-4-13(16)12-17(19)18(20)21/h6-9,13,16-17H,2-5,10-12H2,1H3,(H,20,21). The van der Waals surface area contributed by atoms with E-state index in [0.717, 1.165) is 25.7 Å². The molecule has 2 aliphatic rings. The van der Waals surface area contributed by atoms with Gasteiger partial charge in [0.15, 0.2) is 0 Å².